The van der Waals surface area contributed by atoms with E-state index in [0.717, 1.165) is 24.8 Å². The fraction of sp³-hybridized carbons (Fsp3) is 0.640. The third kappa shape index (κ3) is 6.05. The van der Waals surface area contributed by atoms with Gasteiger partial charge in [0.15, 0.2) is 0 Å². The average Bonchev–Trinajstić information content (AvgIpc) is 2.80. The maximum atomic E-state index is 13.5. The van der Waals surface area contributed by atoms with Crippen molar-refractivity contribution in [1.29, 1.82) is 0 Å². The number of pyridine rings is 1. The number of carbonyl (C=O) groups excluding carboxylic acids is 2. The minimum atomic E-state index is -0.361. The van der Waals surface area contributed by atoms with Crippen LogP contribution in [-0.2, 0) is 0 Å². The minimum Gasteiger partial charge on any atom is -0.472 e. The number of nitrogens with one attached hydrogen (secondary N) is 1. The van der Waals surface area contributed by atoms with E-state index >= 15 is 0 Å². The second-order valence-corrected chi connectivity index (χ2v) is 9.66. The van der Waals surface area contributed by atoms with E-state index in [1.54, 1.807) is 23.0 Å². The SMILES string of the molecule is CC(C)NC(=O)N(C)C[C@H]1Oc2ncc(C3=CCCCC3)cc2C(=O)N([C@@H](C)CO)C[C@H]1C. The molecule has 1 aromatic heterocycles. The highest BCUT2D eigenvalue weighted by molar-refractivity contribution is 5.97. The van der Waals surface area contributed by atoms with E-state index in [0.29, 0.717) is 18.7 Å². The number of aliphatic hydroxyl groups excluding tert-OH is 1. The Hall–Kier alpha value is -2.61. The molecule has 182 valence electrons. The molecule has 0 spiro atoms. The van der Waals surface area contributed by atoms with Crippen LogP contribution in [0.5, 0.6) is 5.88 Å². The summed E-state index contributed by atoms with van der Waals surface area (Å²) in [6.45, 7) is 8.30. The largest absolute Gasteiger partial charge is 0.472 e. The fourth-order valence-corrected chi connectivity index (χ4v) is 4.31. The van der Waals surface area contributed by atoms with Gasteiger partial charge in [0.1, 0.15) is 11.7 Å². The van der Waals surface area contributed by atoms with Gasteiger partial charge in [0, 0.05) is 31.7 Å². The maximum Gasteiger partial charge on any atom is 0.317 e. The summed E-state index contributed by atoms with van der Waals surface area (Å²) in [7, 11) is 1.73. The van der Waals surface area contributed by atoms with Gasteiger partial charge in [-0.15, -0.1) is 0 Å². The third-order valence-electron chi connectivity index (χ3n) is 6.40. The molecular weight excluding hydrogens is 420 g/mol. The highest BCUT2D eigenvalue weighted by Crippen LogP contribution is 2.32. The van der Waals surface area contributed by atoms with Gasteiger partial charge in [-0.3, -0.25) is 4.79 Å². The van der Waals surface area contributed by atoms with Crippen LogP contribution < -0.4 is 10.1 Å². The van der Waals surface area contributed by atoms with Crippen molar-refractivity contribution in [2.45, 2.75) is 71.6 Å². The van der Waals surface area contributed by atoms with Crippen molar-refractivity contribution in [2.24, 2.45) is 5.92 Å². The van der Waals surface area contributed by atoms with Gasteiger partial charge in [0.25, 0.3) is 5.91 Å². The summed E-state index contributed by atoms with van der Waals surface area (Å²) >= 11 is 0. The Bertz CT molecular complexity index is 885. The predicted molar refractivity (Wildman–Crippen MR) is 128 cm³/mol. The van der Waals surface area contributed by atoms with E-state index in [1.165, 1.54) is 12.0 Å². The molecule has 8 nitrogen and oxygen atoms in total. The van der Waals surface area contributed by atoms with E-state index < -0.39 is 0 Å². The first kappa shape index (κ1) is 25.0. The van der Waals surface area contributed by atoms with E-state index in [4.69, 9.17) is 4.74 Å². The number of amides is 3. The van der Waals surface area contributed by atoms with Gasteiger partial charge in [-0.2, -0.15) is 0 Å². The maximum absolute atomic E-state index is 13.5. The molecule has 3 rings (SSSR count). The van der Waals surface area contributed by atoms with Crippen LogP contribution in [0.4, 0.5) is 4.79 Å². The summed E-state index contributed by atoms with van der Waals surface area (Å²) in [4.78, 5) is 33.9. The van der Waals surface area contributed by atoms with Crippen LogP contribution in [0.1, 0.15) is 69.3 Å². The zero-order valence-electron chi connectivity index (χ0n) is 20.5. The Morgan fingerprint density at radius 2 is 2.12 bits per heavy atom. The summed E-state index contributed by atoms with van der Waals surface area (Å²) in [6, 6.07) is 1.39. The standard InChI is InChI=1S/C25H38N4O4/c1-16(2)27-25(32)28(5)14-22-17(3)13-29(18(4)15-30)24(31)21-11-20(12-26-23(21)33-22)19-9-7-6-8-10-19/h9,11-12,16-18,22,30H,6-8,10,13-15H2,1-5H3,(H,27,32)/t17-,18+,22-/m1/s1. The van der Waals surface area contributed by atoms with Gasteiger partial charge in [0.2, 0.25) is 5.88 Å². The Morgan fingerprint density at radius 1 is 1.36 bits per heavy atom. The van der Waals surface area contributed by atoms with Crippen molar-refractivity contribution >= 4 is 17.5 Å². The number of aliphatic hydroxyl groups is 1. The lowest BCUT2D eigenvalue weighted by molar-refractivity contribution is 0.0351. The molecule has 3 amide bonds. The van der Waals surface area contributed by atoms with Gasteiger partial charge >= 0.3 is 6.03 Å². The number of carbonyl (C=O) groups is 2. The molecule has 2 N–H and O–H groups in total. The molecule has 0 bridgehead atoms. The van der Waals surface area contributed by atoms with Crippen molar-refractivity contribution in [3.63, 3.8) is 0 Å². The first-order chi connectivity index (χ1) is 15.7. The lowest BCUT2D eigenvalue weighted by Crippen LogP contribution is -2.51. The summed E-state index contributed by atoms with van der Waals surface area (Å²) in [5, 5.41) is 12.7. The molecule has 33 heavy (non-hydrogen) atoms. The number of rotatable bonds is 6. The number of urea groups is 1. The molecule has 0 aromatic carbocycles. The first-order valence-electron chi connectivity index (χ1n) is 12.0. The van der Waals surface area contributed by atoms with Crippen LogP contribution in [0.3, 0.4) is 0 Å². The van der Waals surface area contributed by atoms with Gasteiger partial charge < -0.3 is 25.0 Å². The zero-order valence-corrected chi connectivity index (χ0v) is 20.5. The van der Waals surface area contributed by atoms with Crippen LogP contribution in [-0.4, -0.2) is 76.8 Å². The smallest absolute Gasteiger partial charge is 0.317 e. The lowest BCUT2D eigenvalue weighted by Gasteiger charge is -2.37. The second-order valence-electron chi connectivity index (χ2n) is 9.66. The molecule has 3 atom stereocenters. The fourth-order valence-electron chi connectivity index (χ4n) is 4.31. The highest BCUT2D eigenvalue weighted by atomic mass is 16.5. The molecular formula is C25H38N4O4. The second kappa shape index (κ2) is 11.0. The molecule has 2 aliphatic rings. The monoisotopic (exact) mass is 458 g/mol. The lowest BCUT2D eigenvalue weighted by atomic mass is 9.93. The topological polar surface area (TPSA) is 95.0 Å². The Labute approximate surface area is 197 Å². The quantitative estimate of drug-likeness (QED) is 0.682. The summed E-state index contributed by atoms with van der Waals surface area (Å²) in [6.07, 6.45) is 7.97. The minimum absolute atomic E-state index is 0.0315. The average molecular weight is 459 g/mol. The molecule has 8 heteroatoms. The van der Waals surface area contributed by atoms with Crippen molar-refractivity contribution in [2.75, 3.05) is 26.7 Å². The number of hydrogen-bond acceptors (Lipinski definition) is 5. The van der Waals surface area contributed by atoms with Gasteiger partial charge in [-0.1, -0.05) is 13.0 Å². The van der Waals surface area contributed by atoms with Crippen molar-refractivity contribution in [3.8, 4) is 5.88 Å². The van der Waals surface area contributed by atoms with Gasteiger partial charge in [-0.25, -0.2) is 9.78 Å². The molecule has 1 aliphatic heterocycles. The molecule has 0 fully saturated rings. The highest BCUT2D eigenvalue weighted by Gasteiger charge is 2.35. The van der Waals surface area contributed by atoms with E-state index in [-0.39, 0.29) is 48.5 Å². The van der Waals surface area contributed by atoms with E-state index in [1.807, 2.05) is 33.8 Å². The molecule has 1 aromatic rings. The van der Waals surface area contributed by atoms with Crippen molar-refractivity contribution in [1.82, 2.24) is 20.1 Å². The van der Waals surface area contributed by atoms with Crippen LogP contribution in [0.25, 0.3) is 5.57 Å². The Morgan fingerprint density at radius 3 is 2.76 bits per heavy atom. The van der Waals surface area contributed by atoms with Crippen LogP contribution in [0, 0.1) is 5.92 Å². The first-order valence-corrected chi connectivity index (χ1v) is 12.0. The van der Waals surface area contributed by atoms with Crippen molar-refractivity contribution in [3.05, 3.63) is 29.5 Å². The number of hydrogen-bond donors (Lipinski definition) is 2. The number of likely N-dealkylation sites (N-methyl/N-ethyl adjacent to an activating group) is 1. The number of fused-ring (bicyclic) bond motifs is 1. The van der Waals surface area contributed by atoms with Gasteiger partial charge in [-0.05, 0) is 63.7 Å². The molecule has 0 radical (unpaired) electrons. The summed E-state index contributed by atoms with van der Waals surface area (Å²) < 4.78 is 6.29. The Balaban J connectivity index is 1.95. The van der Waals surface area contributed by atoms with Gasteiger partial charge in [0.05, 0.1) is 19.2 Å². The van der Waals surface area contributed by atoms with Crippen LogP contribution in [0.2, 0.25) is 0 Å². The van der Waals surface area contributed by atoms with Crippen LogP contribution in [0.15, 0.2) is 18.3 Å². The van der Waals surface area contributed by atoms with E-state index in [2.05, 4.69) is 16.4 Å². The molecule has 2 heterocycles. The molecule has 0 unspecified atom stereocenters. The zero-order chi connectivity index (χ0) is 24.1. The number of allylic oxidation sites excluding steroid dienone is 2. The third-order valence-corrected chi connectivity index (χ3v) is 6.40. The van der Waals surface area contributed by atoms with E-state index in [9.17, 15) is 14.7 Å². The molecule has 0 saturated heterocycles. The summed E-state index contributed by atoms with van der Waals surface area (Å²) in [5.74, 6) is 0.0194. The van der Waals surface area contributed by atoms with Crippen LogP contribution >= 0.6 is 0 Å². The molecule has 0 saturated carbocycles. The summed E-state index contributed by atoms with van der Waals surface area (Å²) in [5.41, 5.74) is 2.56. The molecule has 1 aliphatic carbocycles. The number of aromatic nitrogens is 1. The predicted octanol–water partition coefficient (Wildman–Crippen LogP) is 3.31. The number of ether oxygens (including phenoxy) is 1. The van der Waals surface area contributed by atoms with Crippen molar-refractivity contribution < 1.29 is 19.4 Å². The number of nitrogens with zero attached hydrogens (tertiary/aromatic N) is 3. The normalized spacial score (nSPS) is 22.0. The Kier molecular flexibility index (Phi) is 8.35.